The number of aryl methyl sites for hydroxylation is 1. The van der Waals surface area contributed by atoms with E-state index in [4.69, 9.17) is 0 Å². The van der Waals surface area contributed by atoms with Gasteiger partial charge in [0.2, 0.25) is 0 Å². The van der Waals surface area contributed by atoms with E-state index < -0.39 is 0 Å². The summed E-state index contributed by atoms with van der Waals surface area (Å²) in [6.45, 7) is 2.06. The highest BCUT2D eigenvalue weighted by atomic mass is 15.2. The molecule has 0 unspecified atom stereocenters. The Morgan fingerprint density at radius 2 is 0.694 bits per heavy atom. The Balaban J connectivity index is 1.09. The predicted molar refractivity (Wildman–Crippen MR) is 197 cm³/mol. The van der Waals surface area contributed by atoms with Gasteiger partial charge in [-0.05, 0) is 128 Å². The molecule has 3 aromatic carbocycles. The van der Waals surface area contributed by atoms with Crippen LogP contribution in [0.5, 0.6) is 0 Å². The molecule has 7 aromatic rings. The predicted octanol–water partition coefficient (Wildman–Crippen LogP) is 9.31. The zero-order chi connectivity index (χ0) is 33.3. The van der Waals surface area contributed by atoms with Crippen molar-refractivity contribution in [2.45, 2.75) is 6.92 Å². The van der Waals surface area contributed by atoms with E-state index in [1.807, 2.05) is 137 Å². The monoisotopic (exact) mass is 630 g/mol. The second-order valence-corrected chi connectivity index (χ2v) is 11.1. The Hall–Kier alpha value is -7.02. The molecule has 0 aliphatic carbocycles. The number of pyridine rings is 4. The van der Waals surface area contributed by atoms with E-state index in [-0.39, 0.29) is 0 Å². The van der Waals surface area contributed by atoms with Crippen molar-refractivity contribution in [3.8, 4) is 23.7 Å². The molecular formula is C43H30N6. The van der Waals surface area contributed by atoms with E-state index in [0.717, 1.165) is 62.5 Å². The van der Waals surface area contributed by atoms with Crippen LogP contribution in [0.3, 0.4) is 0 Å². The first-order valence-corrected chi connectivity index (χ1v) is 15.8. The van der Waals surface area contributed by atoms with Crippen LogP contribution in [0.4, 0.5) is 34.6 Å². The number of anilines is 6. The lowest BCUT2D eigenvalue weighted by Gasteiger charge is -2.22. The summed E-state index contributed by atoms with van der Waals surface area (Å²) >= 11 is 0. The minimum absolute atomic E-state index is 0.792. The Bertz CT molecular complexity index is 2030. The van der Waals surface area contributed by atoms with Gasteiger partial charge in [-0.3, -0.25) is 9.80 Å². The fourth-order valence-electron chi connectivity index (χ4n) is 5.31. The first-order valence-electron chi connectivity index (χ1n) is 15.8. The van der Waals surface area contributed by atoms with Crippen LogP contribution >= 0.6 is 0 Å². The summed E-state index contributed by atoms with van der Waals surface area (Å²) in [5, 5.41) is 0. The van der Waals surface area contributed by atoms with Gasteiger partial charge in [0.05, 0.1) is 0 Å². The molecule has 0 atom stereocenters. The summed E-state index contributed by atoms with van der Waals surface area (Å²) in [4.78, 5) is 22.3. The normalized spacial score (nSPS) is 10.2. The molecule has 0 saturated carbocycles. The Labute approximate surface area is 286 Å². The molecular weight excluding hydrogens is 601 g/mol. The standard InChI is InChI=1S/C43H30N6/c1-33-30-36(16-14-34-18-22-38(23-19-34)48(40-10-2-6-26-44-40)41-11-3-7-27-45-41)32-37(31-33)17-15-35-20-24-39(25-21-35)49(42-12-4-8-28-46-42)43-13-5-9-29-47-43/h2-13,18-32H,1H3. The molecule has 0 aliphatic heterocycles. The van der Waals surface area contributed by atoms with Crippen LogP contribution in [-0.2, 0) is 0 Å². The number of benzene rings is 3. The van der Waals surface area contributed by atoms with Crippen molar-refractivity contribution in [3.05, 3.63) is 192 Å². The first-order chi connectivity index (χ1) is 24.2. The van der Waals surface area contributed by atoms with Crippen molar-refractivity contribution in [1.29, 1.82) is 0 Å². The lowest BCUT2D eigenvalue weighted by molar-refractivity contribution is 1.12. The largest absolute Gasteiger partial charge is 0.279 e. The van der Waals surface area contributed by atoms with Crippen molar-refractivity contribution in [3.63, 3.8) is 0 Å². The summed E-state index contributed by atoms with van der Waals surface area (Å²) in [7, 11) is 0. The summed E-state index contributed by atoms with van der Waals surface area (Å²) in [6, 6.07) is 45.8. The van der Waals surface area contributed by atoms with Crippen LogP contribution in [-0.4, -0.2) is 19.9 Å². The van der Waals surface area contributed by atoms with Crippen molar-refractivity contribution in [2.75, 3.05) is 9.80 Å². The summed E-state index contributed by atoms with van der Waals surface area (Å²) in [6.07, 6.45) is 7.13. The van der Waals surface area contributed by atoms with Crippen LogP contribution in [0.1, 0.15) is 27.8 Å². The van der Waals surface area contributed by atoms with E-state index in [1.54, 1.807) is 24.8 Å². The molecule has 0 bridgehead atoms. The van der Waals surface area contributed by atoms with Gasteiger partial charge < -0.3 is 0 Å². The molecule has 232 valence electrons. The third kappa shape index (κ3) is 7.52. The van der Waals surface area contributed by atoms with E-state index in [9.17, 15) is 0 Å². The van der Waals surface area contributed by atoms with Crippen molar-refractivity contribution < 1.29 is 0 Å². The van der Waals surface area contributed by atoms with Gasteiger partial charge in [0.25, 0.3) is 0 Å². The molecule has 0 amide bonds. The van der Waals surface area contributed by atoms with Crippen LogP contribution in [0.2, 0.25) is 0 Å². The fourth-order valence-corrected chi connectivity index (χ4v) is 5.31. The highest BCUT2D eigenvalue weighted by Gasteiger charge is 2.15. The van der Waals surface area contributed by atoms with Gasteiger partial charge in [0.15, 0.2) is 0 Å². The lowest BCUT2D eigenvalue weighted by atomic mass is 10.1. The molecule has 0 N–H and O–H groups in total. The Kier molecular flexibility index (Phi) is 9.13. The average Bonchev–Trinajstić information content (AvgIpc) is 3.16. The molecule has 4 aromatic heterocycles. The van der Waals surface area contributed by atoms with E-state index >= 15 is 0 Å². The van der Waals surface area contributed by atoms with Crippen LogP contribution < -0.4 is 9.80 Å². The second-order valence-electron chi connectivity index (χ2n) is 11.1. The van der Waals surface area contributed by atoms with Crippen molar-refractivity contribution in [2.24, 2.45) is 0 Å². The Morgan fingerprint density at radius 3 is 1.00 bits per heavy atom. The van der Waals surface area contributed by atoms with Crippen molar-refractivity contribution in [1.82, 2.24) is 19.9 Å². The highest BCUT2D eigenvalue weighted by molar-refractivity contribution is 5.73. The lowest BCUT2D eigenvalue weighted by Crippen LogP contribution is -2.12. The highest BCUT2D eigenvalue weighted by Crippen LogP contribution is 2.32. The number of hydrogen-bond donors (Lipinski definition) is 0. The van der Waals surface area contributed by atoms with Crippen LogP contribution in [0.25, 0.3) is 0 Å². The van der Waals surface area contributed by atoms with E-state index in [1.165, 1.54) is 0 Å². The maximum atomic E-state index is 4.56. The van der Waals surface area contributed by atoms with Gasteiger partial charge in [0.1, 0.15) is 23.3 Å². The molecule has 6 nitrogen and oxygen atoms in total. The Morgan fingerprint density at radius 1 is 0.367 bits per heavy atom. The minimum Gasteiger partial charge on any atom is -0.279 e. The van der Waals surface area contributed by atoms with Crippen LogP contribution in [0, 0.1) is 30.6 Å². The summed E-state index contributed by atoms with van der Waals surface area (Å²) in [5.74, 6) is 16.5. The second kappa shape index (κ2) is 14.6. The minimum atomic E-state index is 0.792. The molecule has 0 aliphatic rings. The van der Waals surface area contributed by atoms with Gasteiger partial charge in [-0.25, -0.2) is 19.9 Å². The smallest absolute Gasteiger partial charge is 0.138 e. The zero-order valence-corrected chi connectivity index (χ0v) is 26.8. The summed E-state index contributed by atoms with van der Waals surface area (Å²) in [5.41, 5.74) is 6.64. The first kappa shape index (κ1) is 30.6. The maximum absolute atomic E-state index is 4.56. The quantitative estimate of drug-likeness (QED) is 0.171. The fraction of sp³-hybridized carbons (Fsp3) is 0.0233. The number of nitrogens with zero attached hydrogens (tertiary/aromatic N) is 6. The molecule has 4 heterocycles. The molecule has 0 spiro atoms. The van der Waals surface area contributed by atoms with Crippen LogP contribution in [0.15, 0.2) is 164 Å². The van der Waals surface area contributed by atoms with Gasteiger partial charge in [-0.2, -0.15) is 0 Å². The number of hydrogen-bond acceptors (Lipinski definition) is 6. The summed E-state index contributed by atoms with van der Waals surface area (Å²) < 4.78 is 0. The van der Waals surface area contributed by atoms with Gasteiger partial charge in [-0.1, -0.05) is 47.9 Å². The van der Waals surface area contributed by atoms with E-state index in [0.29, 0.717) is 0 Å². The molecule has 7 rings (SSSR count). The molecule has 0 fully saturated rings. The number of aromatic nitrogens is 4. The third-order valence-electron chi connectivity index (χ3n) is 7.54. The zero-order valence-electron chi connectivity index (χ0n) is 26.8. The van der Waals surface area contributed by atoms with E-state index in [2.05, 4.69) is 62.7 Å². The van der Waals surface area contributed by atoms with Gasteiger partial charge >= 0.3 is 0 Å². The maximum Gasteiger partial charge on any atom is 0.138 e. The molecule has 49 heavy (non-hydrogen) atoms. The third-order valence-corrected chi connectivity index (χ3v) is 7.54. The van der Waals surface area contributed by atoms with Crippen molar-refractivity contribution >= 4 is 34.6 Å². The van der Waals surface area contributed by atoms with Gasteiger partial charge in [0, 0.05) is 58.4 Å². The molecule has 0 radical (unpaired) electrons. The topological polar surface area (TPSA) is 58.0 Å². The van der Waals surface area contributed by atoms with Gasteiger partial charge in [-0.15, -0.1) is 0 Å². The molecule has 0 saturated heterocycles. The number of rotatable bonds is 6. The average molecular weight is 631 g/mol. The molecule has 6 heteroatoms. The SMILES string of the molecule is Cc1cc(C#Cc2ccc(N(c3ccccn3)c3ccccn3)cc2)cc(C#Cc2ccc(N(c3ccccn3)c3ccccn3)cc2)c1.